The van der Waals surface area contributed by atoms with Crippen LogP contribution in [0.2, 0.25) is 0 Å². The summed E-state index contributed by atoms with van der Waals surface area (Å²) >= 11 is 0. The Labute approximate surface area is 255 Å². The van der Waals surface area contributed by atoms with Gasteiger partial charge in [0.15, 0.2) is 11.5 Å². The number of phenolic OH excluding ortho intramolecular Hbond substituents is 1. The molecule has 1 unspecified atom stereocenters. The van der Waals surface area contributed by atoms with Gasteiger partial charge in [-0.2, -0.15) is 0 Å². The number of esters is 1. The summed E-state index contributed by atoms with van der Waals surface area (Å²) < 4.78 is 11.1. The molecule has 4 heteroatoms. The van der Waals surface area contributed by atoms with Gasteiger partial charge in [-0.25, -0.2) is 4.79 Å². The van der Waals surface area contributed by atoms with E-state index in [0.717, 1.165) is 66.3 Å². The second-order valence-electron chi connectivity index (χ2n) is 15.3. The summed E-state index contributed by atoms with van der Waals surface area (Å²) in [6, 6.07) is 5.04. The molecule has 4 nitrogen and oxygen atoms in total. The first-order chi connectivity index (χ1) is 20.0. The number of phenols is 1. The van der Waals surface area contributed by atoms with Gasteiger partial charge >= 0.3 is 5.97 Å². The van der Waals surface area contributed by atoms with Crippen LogP contribution >= 0.6 is 0 Å². The van der Waals surface area contributed by atoms with E-state index in [2.05, 4.69) is 47.6 Å². The number of fused-ring (bicyclic) bond motifs is 5. The van der Waals surface area contributed by atoms with Crippen molar-refractivity contribution in [3.8, 4) is 11.5 Å². The van der Waals surface area contributed by atoms with E-state index in [1.807, 2.05) is 0 Å². The van der Waals surface area contributed by atoms with Crippen molar-refractivity contribution >= 4 is 12.0 Å². The summed E-state index contributed by atoms with van der Waals surface area (Å²) in [7, 11) is 1.52. The molecule has 0 spiro atoms. The minimum atomic E-state index is -0.299. The van der Waals surface area contributed by atoms with Crippen LogP contribution in [0.15, 0.2) is 35.9 Å². The largest absolute Gasteiger partial charge is 0.504 e. The van der Waals surface area contributed by atoms with Gasteiger partial charge in [-0.05, 0) is 121 Å². The third kappa shape index (κ3) is 5.93. The number of carbonyl (C=O) groups is 1. The Kier molecular flexibility index (Phi) is 9.22. The van der Waals surface area contributed by atoms with Gasteiger partial charge in [-0.1, -0.05) is 72.1 Å². The van der Waals surface area contributed by atoms with Crippen LogP contribution in [-0.2, 0) is 9.53 Å². The quantitative estimate of drug-likeness (QED) is 0.181. The number of rotatable bonds is 9. The fraction of sp³-hybridized carbons (Fsp3) is 0.711. The zero-order chi connectivity index (χ0) is 30.2. The Morgan fingerprint density at radius 3 is 2.57 bits per heavy atom. The zero-order valence-electron chi connectivity index (χ0n) is 27.3. The predicted octanol–water partition coefficient (Wildman–Crippen LogP) is 9.61. The zero-order valence-corrected chi connectivity index (χ0v) is 27.3. The molecule has 1 aromatic carbocycles. The normalized spacial score (nSPS) is 35.6. The maximum Gasteiger partial charge on any atom is 0.331 e. The molecule has 5 rings (SSSR count). The van der Waals surface area contributed by atoms with Gasteiger partial charge < -0.3 is 14.6 Å². The Balaban J connectivity index is 1.21. The summed E-state index contributed by atoms with van der Waals surface area (Å²) in [5.41, 5.74) is 3.09. The van der Waals surface area contributed by atoms with Crippen LogP contribution < -0.4 is 4.74 Å². The Hall–Kier alpha value is -2.23. The van der Waals surface area contributed by atoms with Crippen molar-refractivity contribution in [1.29, 1.82) is 0 Å². The van der Waals surface area contributed by atoms with Crippen molar-refractivity contribution in [1.82, 2.24) is 0 Å². The van der Waals surface area contributed by atoms with E-state index in [1.165, 1.54) is 58.1 Å². The highest BCUT2D eigenvalue weighted by Gasteiger charge is 2.59. The molecular weight excluding hydrogens is 520 g/mol. The van der Waals surface area contributed by atoms with Crippen LogP contribution in [0.4, 0.5) is 0 Å². The van der Waals surface area contributed by atoms with E-state index in [-0.39, 0.29) is 23.2 Å². The van der Waals surface area contributed by atoms with E-state index in [0.29, 0.717) is 11.2 Å². The summed E-state index contributed by atoms with van der Waals surface area (Å²) in [5, 5.41) is 9.81. The van der Waals surface area contributed by atoms with Crippen molar-refractivity contribution in [2.75, 3.05) is 7.11 Å². The molecule has 0 heterocycles. The highest BCUT2D eigenvalue weighted by atomic mass is 16.5. The maximum atomic E-state index is 12.7. The van der Waals surface area contributed by atoms with Gasteiger partial charge in [-0.15, -0.1) is 0 Å². The first-order valence-electron chi connectivity index (χ1n) is 16.9. The molecule has 4 aliphatic rings. The monoisotopic (exact) mass is 576 g/mol. The molecule has 0 bridgehead atoms. The van der Waals surface area contributed by atoms with Crippen molar-refractivity contribution in [2.24, 2.45) is 52.3 Å². The van der Waals surface area contributed by atoms with E-state index >= 15 is 0 Å². The van der Waals surface area contributed by atoms with Gasteiger partial charge in [0, 0.05) is 12.5 Å². The number of allylic oxidation sites excluding steroid dienone is 1. The molecule has 0 aromatic heterocycles. The highest BCUT2D eigenvalue weighted by Crippen LogP contribution is 2.67. The lowest BCUT2D eigenvalue weighted by atomic mass is 9.47. The molecule has 232 valence electrons. The van der Waals surface area contributed by atoms with E-state index in [4.69, 9.17) is 9.47 Å². The summed E-state index contributed by atoms with van der Waals surface area (Å²) in [6.45, 7) is 15.0. The highest BCUT2D eigenvalue weighted by molar-refractivity contribution is 5.87. The lowest BCUT2D eigenvalue weighted by molar-refractivity contribution is -0.145. The third-order valence-corrected chi connectivity index (χ3v) is 12.9. The number of methoxy groups -OCH3 is 1. The summed E-state index contributed by atoms with van der Waals surface area (Å²) in [5.74, 6) is 5.94. The molecule has 0 radical (unpaired) electrons. The van der Waals surface area contributed by atoms with Crippen molar-refractivity contribution in [3.63, 3.8) is 0 Å². The molecule has 1 aromatic rings. The number of hydrogen-bond donors (Lipinski definition) is 1. The Morgan fingerprint density at radius 2 is 1.83 bits per heavy atom. The predicted molar refractivity (Wildman–Crippen MR) is 171 cm³/mol. The SMILES string of the molecule is COc1cc(/C=C/C(=O)O[C@H]2CC[C@@]3(C)C(=CC[C@H]4[C@H]5CC[C@@H](C(C)CC[C@@H](C)C(C)C)[C@@]5(C)CC[C@@H]43)C2)ccc1O. The maximum absolute atomic E-state index is 12.7. The molecule has 0 saturated heterocycles. The second kappa shape index (κ2) is 12.4. The lowest BCUT2D eigenvalue weighted by Crippen LogP contribution is -2.51. The first kappa shape index (κ1) is 31.2. The minimum Gasteiger partial charge on any atom is -0.504 e. The standard InChI is InChI=1S/C38H56O4/c1-24(2)25(3)8-9-26(4)31-14-15-32-30-13-12-28-23-29(18-20-37(28,5)33(30)19-21-38(31,32)6)42-36(40)17-11-27-10-16-34(39)35(22-27)41-7/h10-12,16-17,22,24-26,29-33,39H,8-9,13-15,18-21,23H2,1-7H3/b17-11+/t25-,26?,29+,30+,31+,32-,33+,37+,38-/m1/s1. The number of ether oxygens (including phenoxy) is 2. The van der Waals surface area contributed by atoms with E-state index in [9.17, 15) is 9.90 Å². The molecule has 3 fully saturated rings. The summed E-state index contributed by atoms with van der Waals surface area (Å²) in [4.78, 5) is 12.7. The lowest BCUT2D eigenvalue weighted by Gasteiger charge is -2.58. The molecule has 9 atom stereocenters. The summed E-state index contributed by atoms with van der Waals surface area (Å²) in [6.07, 6.45) is 18.3. The number of benzene rings is 1. The van der Waals surface area contributed by atoms with Gasteiger partial charge in [-0.3, -0.25) is 0 Å². The molecule has 42 heavy (non-hydrogen) atoms. The Bertz CT molecular complexity index is 1180. The fourth-order valence-corrected chi connectivity index (χ4v) is 9.93. The van der Waals surface area contributed by atoms with E-state index < -0.39 is 0 Å². The second-order valence-corrected chi connectivity index (χ2v) is 15.3. The number of aromatic hydroxyl groups is 1. The minimum absolute atomic E-state index is 0.0498. The van der Waals surface area contributed by atoms with Crippen LogP contribution in [0.3, 0.4) is 0 Å². The third-order valence-electron chi connectivity index (χ3n) is 12.9. The molecule has 1 N–H and O–H groups in total. The average molecular weight is 577 g/mol. The number of hydrogen-bond acceptors (Lipinski definition) is 4. The topological polar surface area (TPSA) is 55.8 Å². The van der Waals surface area contributed by atoms with Crippen LogP contribution in [0.25, 0.3) is 6.08 Å². The van der Waals surface area contributed by atoms with E-state index in [1.54, 1.807) is 29.8 Å². The van der Waals surface area contributed by atoms with Gasteiger partial charge in [0.25, 0.3) is 0 Å². The molecule has 0 amide bonds. The smallest absolute Gasteiger partial charge is 0.331 e. The van der Waals surface area contributed by atoms with Gasteiger partial charge in [0.1, 0.15) is 6.10 Å². The van der Waals surface area contributed by atoms with Crippen molar-refractivity contribution in [3.05, 3.63) is 41.5 Å². The van der Waals surface area contributed by atoms with Crippen molar-refractivity contribution < 1.29 is 19.4 Å². The number of carbonyl (C=O) groups excluding carboxylic acids is 1. The van der Waals surface area contributed by atoms with Gasteiger partial charge in [0.05, 0.1) is 7.11 Å². The van der Waals surface area contributed by atoms with Crippen LogP contribution in [0, 0.1) is 52.3 Å². The van der Waals surface area contributed by atoms with Crippen LogP contribution in [0.1, 0.15) is 111 Å². The van der Waals surface area contributed by atoms with Crippen LogP contribution in [-0.4, -0.2) is 24.3 Å². The van der Waals surface area contributed by atoms with Crippen LogP contribution in [0.5, 0.6) is 11.5 Å². The van der Waals surface area contributed by atoms with Gasteiger partial charge in [0.2, 0.25) is 0 Å². The molecular formula is C38H56O4. The molecule has 0 aliphatic heterocycles. The Morgan fingerprint density at radius 1 is 1.05 bits per heavy atom. The van der Waals surface area contributed by atoms with Crippen molar-refractivity contribution in [2.45, 2.75) is 112 Å². The molecule has 3 saturated carbocycles. The fourth-order valence-electron chi connectivity index (χ4n) is 9.93. The molecule has 4 aliphatic carbocycles. The average Bonchev–Trinajstić information content (AvgIpc) is 3.32. The first-order valence-corrected chi connectivity index (χ1v) is 16.9.